The summed E-state index contributed by atoms with van der Waals surface area (Å²) >= 11 is 1.80. The maximum absolute atomic E-state index is 12.6. The Bertz CT molecular complexity index is 1620. The molecule has 6 rings (SSSR count). The molecule has 2 aliphatic rings. The molecule has 0 radical (unpaired) electrons. The summed E-state index contributed by atoms with van der Waals surface area (Å²) in [5.41, 5.74) is 2.59. The molecule has 268 valence electrons. The maximum Gasteiger partial charge on any atom is 0.416 e. The molecule has 7 nitrogen and oxygen atoms in total. The van der Waals surface area contributed by atoms with Gasteiger partial charge < -0.3 is 24.8 Å². The van der Waals surface area contributed by atoms with Gasteiger partial charge in [-0.25, -0.2) is 4.99 Å². The minimum atomic E-state index is -4.33. The first-order chi connectivity index (χ1) is 23.9. The van der Waals surface area contributed by atoms with Gasteiger partial charge >= 0.3 is 6.18 Å². The molecule has 0 saturated carbocycles. The van der Waals surface area contributed by atoms with Gasteiger partial charge in [-0.15, -0.1) is 12.4 Å². The molecule has 1 unspecified atom stereocenters. The van der Waals surface area contributed by atoms with Gasteiger partial charge in [-0.1, -0.05) is 72.4 Å². The molecule has 0 aromatic heterocycles. The number of aliphatic imine (C=N–C) groups is 1. The number of amidine groups is 1. The van der Waals surface area contributed by atoms with Gasteiger partial charge in [-0.3, -0.25) is 4.90 Å². The number of nitrogens with one attached hydrogen (secondary N) is 1. The highest BCUT2D eigenvalue weighted by Gasteiger charge is 2.30. The predicted octanol–water partition coefficient (Wildman–Crippen LogP) is 7.71. The normalized spacial score (nSPS) is 14.9. The average molecular weight is 729 g/mol. The van der Waals surface area contributed by atoms with E-state index in [1.54, 1.807) is 11.8 Å². The van der Waals surface area contributed by atoms with Gasteiger partial charge in [-0.2, -0.15) is 13.2 Å². The van der Waals surface area contributed by atoms with Crippen molar-refractivity contribution in [3.05, 3.63) is 120 Å². The number of ether oxygens (including phenoxy) is 2. The zero-order chi connectivity index (χ0) is 34.5. The Hall–Kier alpha value is -3.58. The summed E-state index contributed by atoms with van der Waals surface area (Å²) in [6.07, 6.45) is -3.81. The van der Waals surface area contributed by atoms with Crippen LogP contribution >= 0.6 is 24.2 Å². The molecule has 1 atom stereocenters. The van der Waals surface area contributed by atoms with Crippen molar-refractivity contribution in [2.24, 2.45) is 4.99 Å². The molecular formula is C38H44ClF3N4O3S. The minimum Gasteiger partial charge on any atom is -0.486 e. The van der Waals surface area contributed by atoms with Crippen LogP contribution in [0.1, 0.15) is 29.2 Å². The van der Waals surface area contributed by atoms with Crippen LogP contribution in [0.4, 0.5) is 18.9 Å². The monoisotopic (exact) mass is 728 g/mol. The van der Waals surface area contributed by atoms with E-state index >= 15 is 0 Å². The zero-order valence-corrected chi connectivity index (χ0v) is 29.7. The minimum absolute atomic E-state index is 0. The number of benzene rings is 4. The van der Waals surface area contributed by atoms with Crippen molar-refractivity contribution >= 4 is 35.7 Å². The molecule has 4 aromatic carbocycles. The van der Waals surface area contributed by atoms with Crippen LogP contribution in [0.5, 0.6) is 5.75 Å². The van der Waals surface area contributed by atoms with Crippen LogP contribution in [0.25, 0.3) is 0 Å². The lowest BCUT2D eigenvalue weighted by molar-refractivity contribution is -0.137. The molecule has 0 amide bonds. The third-order valence-corrected chi connectivity index (χ3v) is 9.33. The van der Waals surface area contributed by atoms with Crippen molar-refractivity contribution in [2.75, 3.05) is 66.1 Å². The van der Waals surface area contributed by atoms with Crippen molar-refractivity contribution in [1.29, 1.82) is 0 Å². The molecule has 12 heteroatoms. The number of nitrogens with zero attached hydrogens (tertiary/aromatic N) is 3. The van der Waals surface area contributed by atoms with E-state index in [2.05, 4.69) is 63.6 Å². The van der Waals surface area contributed by atoms with Crippen LogP contribution in [0.15, 0.2) is 118 Å². The predicted molar refractivity (Wildman–Crippen MR) is 196 cm³/mol. The average Bonchev–Trinajstić information content (AvgIpc) is 3.30. The van der Waals surface area contributed by atoms with Crippen LogP contribution < -0.4 is 10.1 Å². The van der Waals surface area contributed by atoms with E-state index in [1.807, 2.05) is 37.4 Å². The summed E-state index contributed by atoms with van der Waals surface area (Å²) in [5, 5.41) is 11.8. The summed E-state index contributed by atoms with van der Waals surface area (Å²) in [6, 6.07) is 31.4. The molecule has 1 fully saturated rings. The van der Waals surface area contributed by atoms with Crippen molar-refractivity contribution in [2.45, 2.75) is 28.5 Å². The van der Waals surface area contributed by atoms with Crippen LogP contribution in [0.2, 0.25) is 0 Å². The first kappa shape index (κ1) is 39.2. The van der Waals surface area contributed by atoms with Crippen LogP contribution in [0.3, 0.4) is 0 Å². The van der Waals surface area contributed by atoms with E-state index < -0.39 is 11.7 Å². The second kappa shape index (κ2) is 19.7. The molecule has 4 aromatic rings. The Balaban J connectivity index is 0.000000225. The first-order valence-corrected chi connectivity index (χ1v) is 17.3. The molecule has 0 aliphatic carbocycles. The van der Waals surface area contributed by atoms with E-state index in [-0.39, 0.29) is 25.1 Å². The molecule has 2 N–H and O–H groups in total. The summed E-state index contributed by atoms with van der Waals surface area (Å²) in [5.74, 6) is 1.51. The third-order valence-electron chi connectivity index (χ3n) is 8.19. The highest BCUT2D eigenvalue weighted by atomic mass is 35.5. The fraction of sp³-hybridized carbons (Fsp3) is 0.342. The van der Waals surface area contributed by atoms with Crippen molar-refractivity contribution in [3.63, 3.8) is 0 Å². The van der Waals surface area contributed by atoms with E-state index in [0.29, 0.717) is 19.0 Å². The molecule has 1 saturated heterocycles. The smallest absolute Gasteiger partial charge is 0.416 e. The van der Waals surface area contributed by atoms with Gasteiger partial charge in [0.2, 0.25) is 0 Å². The molecule has 2 heterocycles. The Kier molecular flexibility index (Phi) is 15.5. The lowest BCUT2D eigenvalue weighted by Crippen LogP contribution is -2.49. The Morgan fingerprint density at radius 1 is 0.840 bits per heavy atom. The molecular weight excluding hydrogens is 685 g/mol. The molecule has 0 spiro atoms. The highest BCUT2D eigenvalue weighted by molar-refractivity contribution is 7.99. The second-order valence-electron chi connectivity index (χ2n) is 11.6. The van der Waals surface area contributed by atoms with E-state index in [1.165, 1.54) is 27.5 Å². The Morgan fingerprint density at radius 2 is 1.50 bits per heavy atom. The topological polar surface area (TPSA) is 69.6 Å². The van der Waals surface area contributed by atoms with Crippen LogP contribution in [-0.2, 0) is 10.9 Å². The van der Waals surface area contributed by atoms with Crippen molar-refractivity contribution in [3.8, 4) is 5.75 Å². The second-order valence-corrected chi connectivity index (χ2v) is 12.7. The summed E-state index contributed by atoms with van der Waals surface area (Å²) in [6.45, 7) is 6.76. The van der Waals surface area contributed by atoms with Crippen LogP contribution in [0, 0.1) is 0 Å². The lowest BCUT2D eigenvalue weighted by atomic mass is 10.1. The number of hydrogen-bond donors (Lipinski definition) is 2. The van der Waals surface area contributed by atoms with Gasteiger partial charge in [0.1, 0.15) is 17.7 Å². The quantitative estimate of drug-likeness (QED) is 0.153. The molecule has 50 heavy (non-hydrogen) atoms. The van der Waals surface area contributed by atoms with E-state index in [0.717, 1.165) is 74.9 Å². The molecule has 0 bridgehead atoms. The number of hydrogen-bond acceptors (Lipinski definition) is 8. The largest absolute Gasteiger partial charge is 0.486 e. The van der Waals surface area contributed by atoms with E-state index in [9.17, 15) is 13.2 Å². The van der Waals surface area contributed by atoms with Gasteiger partial charge in [0, 0.05) is 54.5 Å². The SMILES string of the molecule is CNCCC(Oc1ccc(C(F)(F)F)cc1)c1ccccc1.Cl.OCCOCCN1CCN(C2=Nc3ccccc3Sc3ccccc32)CC1. The summed E-state index contributed by atoms with van der Waals surface area (Å²) in [4.78, 5) is 12.4. The summed E-state index contributed by atoms with van der Waals surface area (Å²) < 4.78 is 49.0. The van der Waals surface area contributed by atoms with Gasteiger partial charge in [-0.05, 0) is 61.6 Å². The van der Waals surface area contributed by atoms with Crippen molar-refractivity contribution < 1.29 is 27.8 Å². The summed E-state index contributed by atoms with van der Waals surface area (Å²) in [7, 11) is 1.85. The fourth-order valence-corrected chi connectivity index (χ4v) is 6.59. The van der Waals surface area contributed by atoms with E-state index in [4.69, 9.17) is 19.6 Å². The van der Waals surface area contributed by atoms with Gasteiger partial charge in [0.25, 0.3) is 0 Å². The zero-order valence-electron chi connectivity index (χ0n) is 28.0. The number of halogens is 4. The van der Waals surface area contributed by atoms with Crippen LogP contribution in [-0.4, -0.2) is 86.9 Å². The lowest BCUT2D eigenvalue weighted by Gasteiger charge is -2.36. The maximum atomic E-state index is 12.6. The third kappa shape index (κ3) is 11.2. The number of alkyl halides is 3. The van der Waals surface area contributed by atoms with Crippen molar-refractivity contribution in [1.82, 2.24) is 15.1 Å². The highest BCUT2D eigenvalue weighted by Crippen LogP contribution is 2.40. The van der Waals surface area contributed by atoms with Gasteiger partial charge in [0.05, 0.1) is 31.1 Å². The number of piperazine rings is 1. The Morgan fingerprint density at radius 3 is 2.18 bits per heavy atom. The Labute approximate surface area is 302 Å². The number of rotatable bonds is 11. The number of para-hydroxylation sites is 1. The first-order valence-electron chi connectivity index (χ1n) is 16.5. The number of aliphatic hydroxyl groups is 1. The number of aliphatic hydroxyl groups excluding tert-OH is 1. The fourth-order valence-electron chi connectivity index (χ4n) is 5.58. The molecule has 2 aliphatic heterocycles. The number of fused-ring (bicyclic) bond motifs is 2. The standard InChI is InChI=1S/C21H25N3O2S.C17H18F3NO.ClH/c25-14-16-26-15-13-23-9-11-24(12-10-23)21-17-5-1-3-7-19(17)27-20-8-4-2-6-18(20)22-21;1-21-12-11-16(13-5-3-2-4-6-13)22-15-9-7-14(8-10-15)17(18,19)20;/h1-8,25H,9-16H2;2-10,16,21H,11-12H2,1H3;1H. The van der Waals surface area contributed by atoms with Gasteiger partial charge in [0.15, 0.2) is 0 Å².